The molecule has 146 valence electrons. The fourth-order valence-corrected chi connectivity index (χ4v) is 2.78. The standard InChI is InChI=1S/C21H23FN4O2/c1-12-6-8-14(22)10-16(12)26-18(11-17(25-26)21(3,4)5)24-19-15(20(27)28)9-7-13(2)23-19/h6-11H,1-5H3,(H,23,24)(H,27,28). The highest BCUT2D eigenvalue weighted by Crippen LogP contribution is 2.30. The number of pyridine rings is 1. The van der Waals surface area contributed by atoms with Gasteiger partial charge in [-0.3, -0.25) is 0 Å². The summed E-state index contributed by atoms with van der Waals surface area (Å²) in [6, 6.07) is 9.46. The third-order valence-electron chi connectivity index (χ3n) is 4.39. The van der Waals surface area contributed by atoms with Crippen molar-refractivity contribution in [1.29, 1.82) is 0 Å². The Kier molecular flexibility index (Phi) is 4.93. The number of aromatic carboxylic acids is 1. The SMILES string of the molecule is Cc1ccc(C(=O)O)c(Nc2cc(C(C)(C)C)nn2-c2cc(F)ccc2C)n1. The molecule has 0 bridgehead atoms. The molecule has 0 amide bonds. The number of rotatable bonds is 4. The number of carboxylic acids is 1. The van der Waals surface area contributed by atoms with E-state index in [2.05, 4.69) is 15.4 Å². The normalized spacial score (nSPS) is 11.5. The predicted octanol–water partition coefficient (Wildman–Crippen LogP) is 4.76. The minimum atomic E-state index is -1.08. The van der Waals surface area contributed by atoms with Gasteiger partial charge in [0.05, 0.1) is 11.4 Å². The van der Waals surface area contributed by atoms with Gasteiger partial charge in [-0.15, -0.1) is 0 Å². The molecule has 1 aromatic carbocycles. The second-order valence-electron chi connectivity index (χ2n) is 7.79. The molecule has 2 N–H and O–H groups in total. The Labute approximate surface area is 163 Å². The highest BCUT2D eigenvalue weighted by molar-refractivity contribution is 5.93. The number of benzene rings is 1. The average Bonchev–Trinajstić information content (AvgIpc) is 3.01. The van der Waals surface area contributed by atoms with Crippen LogP contribution in [0.4, 0.5) is 16.0 Å². The van der Waals surface area contributed by atoms with Gasteiger partial charge in [-0.1, -0.05) is 26.8 Å². The Hall–Kier alpha value is -3.22. The first-order valence-corrected chi connectivity index (χ1v) is 8.91. The Morgan fingerprint density at radius 2 is 1.86 bits per heavy atom. The van der Waals surface area contributed by atoms with Crippen molar-refractivity contribution < 1.29 is 14.3 Å². The van der Waals surface area contributed by atoms with Crippen molar-refractivity contribution in [2.24, 2.45) is 0 Å². The summed E-state index contributed by atoms with van der Waals surface area (Å²) < 4.78 is 15.5. The zero-order valence-electron chi connectivity index (χ0n) is 16.5. The molecule has 0 aliphatic carbocycles. The summed E-state index contributed by atoms with van der Waals surface area (Å²) in [7, 11) is 0. The van der Waals surface area contributed by atoms with Gasteiger partial charge in [0.2, 0.25) is 0 Å². The van der Waals surface area contributed by atoms with E-state index in [1.807, 2.05) is 33.8 Å². The first-order chi connectivity index (χ1) is 13.1. The molecule has 2 heterocycles. The van der Waals surface area contributed by atoms with Crippen LogP contribution in [0, 0.1) is 19.7 Å². The summed E-state index contributed by atoms with van der Waals surface area (Å²) in [5.74, 6) is -0.735. The van der Waals surface area contributed by atoms with Gasteiger partial charge in [-0.2, -0.15) is 5.10 Å². The van der Waals surface area contributed by atoms with Crippen LogP contribution in [0.1, 0.15) is 48.1 Å². The van der Waals surface area contributed by atoms with Crippen LogP contribution in [0.25, 0.3) is 5.69 Å². The lowest BCUT2D eigenvalue weighted by Crippen LogP contribution is -2.13. The fourth-order valence-electron chi connectivity index (χ4n) is 2.78. The first-order valence-electron chi connectivity index (χ1n) is 8.91. The second kappa shape index (κ2) is 7.07. The molecular weight excluding hydrogens is 359 g/mol. The Balaban J connectivity index is 2.19. The minimum Gasteiger partial charge on any atom is -0.478 e. The monoisotopic (exact) mass is 382 g/mol. The fraction of sp³-hybridized carbons (Fsp3) is 0.286. The van der Waals surface area contributed by atoms with Crippen molar-refractivity contribution in [3.8, 4) is 5.69 Å². The average molecular weight is 382 g/mol. The van der Waals surface area contributed by atoms with E-state index >= 15 is 0 Å². The maximum Gasteiger partial charge on any atom is 0.339 e. The van der Waals surface area contributed by atoms with E-state index in [0.29, 0.717) is 17.2 Å². The number of hydrogen-bond donors (Lipinski definition) is 2. The number of aromatic nitrogens is 3. The molecule has 0 unspecified atom stereocenters. The summed E-state index contributed by atoms with van der Waals surface area (Å²) in [4.78, 5) is 15.9. The third kappa shape index (κ3) is 3.88. The summed E-state index contributed by atoms with van der Waals surface area (Å²) in [5, 5.41) is 17.2. The molecule has 3 aromatic rings. The number of aryl methyl sites for hydroxylation is 2. The van der Waals surface area contributed by atoms with Crippen LogP contribution < -0.4 is 5.32 Å². The van der Waals surface area contributed by atoms with Gasteiger partial charge in [-0.25, -0.2) is 18.9 Å². The van der Waals surface area contributed by atoms with Crippen LogP contribution in [-0.4, -0.2) is 25.8 Å². The third-order valence-corrected chi connectivity index (χ3v) is 4.39. The number of nitrogens with one attached hydrogen (secondary N) is 1. The number of carbonyl (C=O) groups is 1. The maximum absolute atomic E-state index is 13.9. The van der Waals surface area contributed by atoms with E-state index in [-0.39, 0.29) is 22.6 Å². The Bertz CT molecular complexity index is 1050. The summed E-state index contributed by atoms with van der Waals surface area (Å²) in [6.45, 7) is 9.72. The first kappa shape index (κ1) is 19.5. The molecule has 7 heteroatoms. The van der Waals surface area contributed by atoms with Crippen LogP contribution in [0.2, 0.25) is 0 Å². The Morgan fingerprint density at radius 1 is 1.14 bits per heavy atom. The van der Waals surface area contributed by atoms with Gasteiger partial charge in [-0.05, 0) is 43.7 Å². The predicted molar refractivity (Wildman–Crippen MR) is 106 cm³/mol. The molecule has 3 rings (SSSR count). The van der Waals surface area contributed by atoms with Crippen molar-refractivity contribution in [3.05, 3.63) is 64.7 Å². The van der Waals surface area contributed by atoms with Crippen LogP contribution in [0.3, 0.4) is 0 Å². The summed E-state index contributed by atoms with van der Waals surface area (Å²) in [5.41, 5.74) is 2.66. The highest BCUT2D eigenvalue weighted by Gasteiger charge is 2.23. The van der Waals surface area contributed by atoms with Gasteiger partial charge in [0.15, 0.2) is 0 Å². The van der Waals surface area contributed by atoms with Crippen LogP contribution in [-0.2, 0) is 5.41 Å². The van der Waals surface area contributed by atoms with E-state index in [9.17, 15) is 14.3 Å². The second-order valence-corrected chi connectivity index (χ2v) is 7.79. The van der Waals surface area contributed by atoms with Crippen molar-refractivity contribution in [1.82, 2.24) is 14.8 Å². The zero-order chi connectivity index (χ0) is 20.6. The lowest BCUT2D eigenvalue weighted by molar-refractivity contribution is 0.0697. The Morgan fingerprint density at radius 3 is 2.50 bits per heavy atom. The van der Waals surface area contributed by atoms with Gasteiger partial charge >= 0.3 is 5.97 Å². The molecule has 0 atom stereocenters. The number of nitrogens with zero attached hydrogens (tertiary/aromatic N) is 3. The minimum absolute atomic E-state index is 0.0478. The van der Waals surface area contributed by atoms with Crippen molar-refractivity contribution in [2.75, 3.05) is 5.32 Å². The van der Waals surface area contributed by atoms with E-state index < -0.39 is 5.97 Å². The lowest BCUT2D eigenvalue weighted by Gasteiger charge is -2.14. The van der Waals surface area contributed by atoms with E-state index in [1.54, 1.807) is 23.7 Å². The largest absolute Gasteiger partial charge is 0.478 e. The molecule has 0 saturated heterocycles. The molecule has 0 fully saturated rings. The molecule has 0 spiro atoms. The summed E-state index contributed by atoms with van der Waals surface area (Å²) >= 11 is 0. The smallest absolute Gasteiger partial charge is 0.339 e. The lowest BCUT2D eigenvalue weighted by atomic mass is 9.92. The number of halogens is 1. The van der Waals surface area contributed by atoms with Crippen LogP contribution in [0.15, 0.2) is 36.4 Å². The molecule has 0 aliphatic rings. The molecule has 6 nitrogen and oxygen atoms in total. The molecule has 0 aliphatic heterocycles. The van der Waals surface area contributed by atoms with Gasteiger partial charge in [0.25, 0.3) is 0 Å². The quantitative estimate of drug-likeness (QED) is 0.680. The number of anilines is 2. The topological polar surface area (TPSA) is 80.0 Å². The van der Waals surface area contributed by atoms with E-state index in [1.165, 1.54) is 18.2 Å². The van der Waals surface area contributed by atoms with Crippen LogP contribution in [0.5, 0.6) is 0 Å². The van der Waals surface area contributed by atoms with Gasteiger partial charge in [0.1, 0.15) is 23.0 Å². The molecule has 28 heavy (non-hydrogen) atoms. The van der Waals surface area contributed by atoms with E-state index in [4.69, 9.17) is 0 Å². The van der Waals surface area contributed by atoms with Crippen molar-refractivity contribution in [3.63, 3.8) is 0 Å². The molecular formula is C21H23FN4O2. The van der Waals surface area contributed by atoms with Crippen LogP contribution >= 0.6 is 0 Å². The maximum atomic E-state index is 13.9. The molecule has 2 aromatic heterocycles. The van der Waals surface area contributed by atoms with Gasteiger partial charge < -0.3 is 10.4 Å². The highest BCUT2D eigenvalue weighted by atomic mass is 19.1. The van der Waals surface area contributed by atoms with Crippen molar-refractivity contribution in [2.45, 2.75) is 40.0 Å². The number of hydrogen-bond acceptors (Lipinski definition) is 4. The van der Waals surface area contributed by atoms with E-state index in [0.717, 1.165) is 11.3 Å². The molecule has 0 saturated carbocycles. The zero-order valence-corrected chi connectivity index (χ0v) is 16.5. The summed E-state index contributed by atoms with van der Waals surface area (Å²) in [6.07, 6.45) is 0. The van der Waals surface area contributed by atoms with Crippen molar-refractivity contribution >= 4 is 17.6 Å². The molecule has 0 radical (unpaired) electrons. The number of carboxylic acid groups (broad SMARTS) is 1. The van der Waals surface area contributed by atoms with Gasteiger partial charge in [0, 0.05) is 17.2 Å².